The van der Waals surface area contributed by atoms with Crippen LogP contribution in [0.2, 0.25) is 0 Å². The molecule has 0 bridgehead atoms. The maximum atomic E-state index is 12.4. The van der Waals surface area contributed by atoms with Crippen LogP contribution in [0.25, 0.3) is 10.8 Å². The fourth-order valence-electron chi connectivity index (χ4n) is 2.33. The Bertz CT molecular complexity index is 973. The summed E-state index contributed by atoms with van der Waals surface area (Å²) in [7, 11) is 0. The van der Waals surface area contributed by atoms with Gasteiger partial charge in [-0.05, 0) is 18.2 Å². The topological polar surface area (TPSA) is 73.2 Å². The average molecular weight is 345 g/mol. The molecule has 0 radical (unpaired) electrons. The number of carbonyl (C=O) groups excluding carboxylic acids is 1. The second-order valence-electron chi connectivity index (χ2n) is 5.12. The van der Waals surface area contributed by atoms with Gasteiger partial charge in [0.1, 0.15) is 12.3 Å². The number of para-hydroxylation sites is 2. The number of nitrogens with zero attached hydrogens (tertiary/aromatic N) is 2. The maximum absolute atomic E-state index is 12.4. The number of nitrogens with one attached hydrogen (secondary N) is 1. The minimum atomic E-state index is -3.01. The third kappa shape index (κ3) is 3.79. The van der Waals surface area contributed by atoms with E-state index in [2.05, 4.69) is 15.2 Å². The van der Waals surface area contributed by atoms with Gasteiger partial charge in [0.05, 0.1) is 17.3 Å². The van der Waals surface area contributed by atoms with Gasteiger partial charge in [0.2, 0.25) is 5.91 Å². The van der Waals surface area contributed by atoms with E-state index >= 15 is 0 Å². The third-order valence-corrected chi connectivity index (χ3v) is 3.43. The molecule has 1 aromatic heterocycles. The summed E-state index contributed by atoms with van der Waals surface area (Å²) < 4.78 is 30.1. The minimum absolute atomic E-state index is 0.0849. The van der Waals surface area contributed by atoms with E-state index in [0.29, 0.717) is 10.8 Å². The first-order chi connectivity index (χ1) is 12.0. The Kier molecular flexibility index (Phi) is 4.69. The lowest BCUT2D eigenvalue weighted by Gasteiger charge is -2.12. The van der Waals surface area contributed by atoms with E-state index in [-0.39, 0.29) is 18.0 Å². The Morgan fingerprint density at radius 3 is 2.68 bits per heavy atom. The van der Waals surface area contributed by atoms with Crippen LogP contribution in [0.1, 0.15) is 0 Å². The number of amides is 1. The summed E-state index contributed by atoms with van der Waals surface area (Å²) in [6.07, 6.45) is 1.48. The first kappa shape index (κ1) is 16.6. The molecule has 3 rings (SSSR count). The van der Waals surface area contributed by atoms with Crippen molar-refractivity contribution in [1.29, 1.82) is 0 Å². The van der Waals surface area contributed by atoms with Gasteiger partial charge in [0.15, 0.2) is 0 Å². The van der Waals surface area contributed by atoms with E-state index in [4.69, 9.17) is 0 Å². The van der Waals surface area contributed by atoms with Crippen molar-refractivity contribution >= 4 is 22.4 Å². The normalized spacial score (nSPS) is 10.8. The van der Waals surface area contributed by atoms with Gasteiger partial charge in [0, 0.05) is 5.39 Å². The first-order valence-electron chi connectivity index (χ1n) is 7.33. The molecule has 0 unspecified atom stereocenters. The summed E-state index contributed by atoms with van der Waals surface area (Å²) >= 11 is 0. The van der Waals surface area contributed by atoms with E-state index in [0.717, 1.165) is 4.68 Å². The Hall–Kier alpha value is -3.29. The van der Waals surface area contributed by atoms with Crippen molar-refractivity contribution in [3.63, 3.8) is 0 Å². The number of fused-ring (bicyclic) bond motifs is 1. The molecule has 128 valence electrons. The highest BCUT2D eigenvalue weighted by molar-refractivity contribution is 5.92. The smallest absolute Gasteiger partial charge is 0.387 e. The molecule has 3 aromatic rings. The molecule has 2 aromatic carbocycles. The molecule has 25 heavy (non-hydrogen) atoms. The molecule has 1 N–H and O–H groups in total. The zero-order valence-electron chi connectivity index (χ0n) is 12.9. The third-order valence-electron chi connectivity index (χ3n) is 3.43. The Balaban J connectivity index is 1.80. The van der Waals surface area contributed by atoms with Gasteiger partial charge in [0.25, 0.3) is 5.56 Å². The molecule has 8 heteroatoms. The predicted molar refractivity (Wildman–Crippen MR) is 87.7 cm³/mol. The Morgan fingerprint density at radius 1 is 1.16 bits per heavy atom. The molecule has 0 fully saturated rings. The van der Waals surface area contributed by atoms with Crippen LogP contribution in [0.4, 0.5) is 14.5 Å². The van der Waals surface area contributed by atoms with Gasteiger partial charge in [-0.25, -0.2) is 4.68 Å². The highest BCUT2D eigenvalue weighted by Crippen LogP contribution is 2.25. The van der Waals surface area contributed by atoms with Crippen LogP contribution in [0.3, 0.4) is 0 Å². The SMILES string of the molecule is O=C(Cn1ncc2ccccc2c1=O)Nc1ccccc1OC(F)F. The van der Waals surface area contributed by atoms with Gasteiger partial charge >= 0.3 is 6.61 Å². The number of benzene rings is 2. The molecule has 1 amide bonds. The van der Waals surface area contributed by atoms with Crippen LogP contribution >= 0.6 is 0 Å². The summed E-state index contributed by atoms with van der Waals surface area (Å²) in [4.78, 5) is 24.5. The molecule has 0 aliphatic heterocycles. The lowest BCUT2D eigenvalue weighted by Crippen LogP contribution is -2.29. The largest absolute Gasteiger partial charge is 0.433 e. The second-order valence-corrected chi connectivity index (χ2v) is 5.12. The van der Waals surface area contributed by atoms with Crippen molar-refractivity contribution in [2.45, 2.75) is 13.2 Å². The highest BCUT2D eigenvalue weighted by atomic mass is 19.3. The first-order valence-corrected chi connectivity index (χ1v) is 7.33. The van der Waals surface area contributed by atoms with Crippen molar-refractivity contribution in [3.8, 4) is 5.75 Å². The molecule has 0 aliphatic rings. The summed E-state index contributed by atoms with van der Waals surface area (Å²) in [5.41, 5.74) is -0.327. The number of aromatic nitrogens is 2. The van der Waals surface area contributed by atoms with Crippen LogP contribution in [0.5, 0.6) is 5.75 Å². The summed E-state index contributed by atoms with van der Waals surface area (Å²) in [6, 6.07) is 12.7. The lowest BCUT2D eigenvalue weighted by molar-refractivity contribution is -0.117. The van der Waals surface area contributed by atoms with E-state index in [1.807, 2.05) is 0 Å². The van der Waals surface area contributed by atoms with Gasteiger partial charge in [-0.2, -0.15) is 13.9 Å². The van der Waals surface area contributed by atoms with Gasteiger partial charge in [-0.1, -0.05) is 30.3 Å². The zero-order chi connectivity index (χ0) is 17.8. The number of halogens is 2. The van der Waals surface area contributed by atoms with Crippen LogP contribution in [-0.4, -0.2) is 22.3 Å². The van der Waals surface area contributed by atoms with Gasteiger partial charge in [-0.3, -0.25) is 9.59 Å². The molecule has 1 heterocycles. The summed E-state index contributed by atoms with van der Waals surface area (Å²) in [6.45, 7) is -3.37. The zero-order valence-corrected chi connectivity index (χ0v) is 12.9. The van der Waals surface area contributed by atoms with Crippen molar-refractivity contribution in [1.82, 2.24) is 9.78 Å². The number of alkyl halides is 2. The van der Waals surface area contributed by atoms with E-state index in [9.17, 15) is 18.4 Å². The predicted octanol–water partition coefficient (Wildman–Crippen LogP) is 2.64. The molecule has 0 saturated carbocycles. The van der Waals surface area contributed by atoms with Crippen molar-refractivity contribution in [2.75, 3.05) is 5.32 Å². The van der Waals surface area contributed by atoms with Crippen molar-refractivity contribution in [2.24, 2.45) is 0 Å². The molecule has 0 aliphatic carbocycles. The lowest BCUT2D eigenvalue weighted by atomic mass is 10.2. The highest BCUT2D eigenvalue weighted by Gasteiger charge is 2.13. The van der Waals surface area contributed by atoms with Crippen LogP contribution in [-0.2, 0) is 11.3 Å². The van der Waals surface area contributed by atoms with Gasteiger partial charge in [-0.15, -0.1) is 0 Å². The quantitative estimate of drug-likeness (QED) is 0.771. The Morgan fingerprint density at radius 2 is 1.88 bits per heavy atom. The number of hydrogen-bond donors (Lipinski definition) is 1. The summed E-state index contributed by atoms with van der Waals surface area (Å²) in [5, 5.41) is 7.50. The molecule has 0 saturated heterocycles. The fraction of sp³-hybridized carbons (Fsp3) is 0.118. The van der Waals surface area contributed by atoms with Crippen LogP contribution in [0.15, 0.2) is 59.5 Å². The van der Waals surface area contributed by atoms with Crippen molar-refractivity contribution < 1.29 is 18.3 Å². The van der Waals surface area contributed by atoms with Crippen LogP contribution in [0, 0.1) is 0 Å². The van der Waals surface area contributed by atoms with E-state index < -0.39 is 18.1 Å². The number of anilines is 1. The molecular formula is C17H13F2N3O3. The molecular weight excluding hydrogens is 332 g/mol. The van der Waals surface area contributed by atoms with E-state index in [1.165, 1.54) is 24.4 Å². The standard InChI is InChI=1S/C17H13F2N3O3/c18-17(19)25-14-8-4-3-7-13(14)21-15(23)10-22-16(24)12-6-2-1-5-11(12)9-20-22/h1-9,17H,10H2,(H,21,23). The summed E-state index contributed by atoms with van der Waals surface area (Å²) in [5.74, 6) is -0.750. The molecule has 0 atom stereocenters. The average Bonchev–Trinajstić information content (AvgIpc) is 2.59. The maximum Gasteiger partial charge on any atom is 0.387 e. The minimum Gasteiger partial charge on any atom is -0.433 e. The monoisotopic (exact) mass is 345 g/mol. The van der Waals surface area contributed by atoms with Gasteiger partial charge < -0.3 is 10.1 Å². The number of rotatable bonds is 5. The second kappa shape index (κ2) is 7.08. The number of carbonyl (C=O) groups is 1. The molecule has 0 spiro atoms. The number of ether oxygens (including phenoxy) is 1. The fourth-order valence-corrected chi connectivity index (χ4v) is 2.33. The van der Waals surface area contributed by atoms with Crippen LogP contribution < -0.4 is 15.6 Å². The molecule has 6 nitrogen and oxygen atoms in total. The van der Waals surface area contributed by atoms with Crippen molar-refractivity contribution in [3.05, 3.63) is 65.1 Å². The van der Waals surface area contributed by atoms with E-state index in [1.54, 1.807) is 30.3 Å². The Labute approximate surface area is 140 Å². The number of hydrogen-bond acceptors (Lipinski definition) is 4.